The van der Waals surface area contributed by atoms with Crippen molar-refractivity contribution in [3.8, 4) is 0 Å². The van der Waals surface area contributed by atoms with Gasteiger partial charge in [-0.3, -0.25) is 0 Å². The lowest BCUT2D eigenvalue weighted by Gasteiger charge is -2.14. The van der Waals surface area contributed by atoms with Crippen LogP contribution >= 0.6 is 0 Å². The van der Waals surface area contributed by atoms with E-state index in [2.05, 4.69) is 4.79 Å². The molecule has 0 atom stereocenters. The predicted octanol–water partition coefficient (Wildman–Crippen LogP) is 1.57. The third-order valence-corrected chi connectivity index (χ3v) is 7.24. The molecule has 0 aromatic heterocycles. The summed E-state index contributed by atoms with van der Waals surface area (Å²) >= 11 is 0. The number of hydrogen-bond acceptors (Lipinski definition) is 4. The third-order valence-electron chi connectivity index (χ3n) is 3.45. The van der Waals surface area contributed by atoms with E-state index in [1.54, 1.807) is 0 Å². The number of sulfone groups is 2. The Labute approximate surface area is 122 Å². The minimum atomic E-state index is -4.34. The fraction of sp³-hybridized carbons (Fsp3) is 0.417. The Balaban J connectivity index is 2.72. The number of halogens is 1. The van der Waals surface area contributed by atoms with Crippen molar-refractivity contribution < 1.29 is 26.0 Å². The van der Waals surface area contributed by atoms with Crippen LogP contribution in [0.1, 0.15) is 25.7 Å². The molecule has 1 fully saturated rings. The van der Waals surface area contributed by atoms with Crippen molar-refractivity contribution in [3.63, 3.8) is 0 Å². The van der Waals surface area contributed by atoms with Gasteiger partial charge in [0, 0.05) is 0 Å². The second kappa shape index (κ2) is 5.67. The normalized spacial score (nSPS) is 16.6. The van der Waals surface area contributed by atoms with Gasteiger partial charge in [-0.25, -0.2) is 21.2 Å². The van der Waals surface area contributed by atoms with E-state index in [0.29, 0.717) is 25.7 Å². The SMILES string of the molecule is [N-]=[N+]=CS(=O)(=O)c1cccc(F)c1S(=O)(=O)C1CCCC1. The van der Waals surface area contributed by atoms with Crippen LogP contribution in [0, 0.1) is 5.82 Å². The summed E-state index contributed by atoms with van der Waals surface area (Å²) in [5.41, 5.74) is 8.57. The van der Waals surface area contributed by atoms with Crippen molar-refractivity contribution in [1.29, 1.82) is 0 Å². The summed E-state index contributed by atoms with van der Waals surface area (Å²) in [6, 6.07) is 2.99. The van der Waals surface area contributed by atoms with Gasteiger partial charge < -0.3 is 5.53 Å². The minimum Gasteiger partial charge on any atom is -0.361 e. The molecule has 0 unspecified atom stereocenters. The van der Waals surface area contributed by atoms with E-state index in [1.165, 1.54) is 0 Å². The minimum absolute atomic E-state index is 0.190. The zero-order chi connectivity index (χ0) is 15.7. The number of nitrogens with zero attached hydrogens (tertiary/aromatic N) is 2. The molecule has 21 heavy (non-hydrogen) atoms. The highest BCUT2D eigenvalue weighted by Crippen LogP contribution is 2.34. The van der Waals surface area contributed by atoms with E-state index >= 15 is 0 Å². The topological polar surface area (TPSA) is 105 Å². The molecule has 0 amide bonds. The number of benzene rings is 1. The molecule has 6 nitrogen and oxygen atoms in total. The zero-order valence-electron chi connectivity index (χ0n) is 10.9. The van der Waals surface area contributed by atoms with E-state index in [0.717, 1.165) is 18.2 Å². The van der Waals surface area contributed by atoms with Crippen molar-refractivity contribution >= 4 is 25.2 Å². The van der Waals surface area contributed by atoms with Crippen molar-refractivity contribution in [3.05, 3.63) is 29.5 Å². The molecule has 0 N–H and O–H groups in total. The first-order chi connectivity index (χ1) is 9.80. The number of rotatable bonds is 4. The van der Waals surface area contributed by atoms with Gasteiger partial charge in [-0.15, -0.1) is 0 Å². The predicted molar refractivity (Wildman–Crippen MR) is 72.7 cm³/mol. The standard InChI is InChI=1S/C12H13FN2O4S2/c13-10-6-3-7-11(20(16,17)8-15-14)12(10)21(18,19)9-4-1-2-5-9/h3,6-9H,1-2,4-5H2. The summed E-state index contributed by atoms with van der Waals surface area (Å²) in [5.74, 6) is -1.12. The van der Waals surface area contributed by atoms with E-state index in [9.17, 15) is 21.2 Å². The number of hydrogen-bond donors (Lipinski definition) is 0. The second-order valence-corrected chi connectivity index (χ2v) is 8.69. The van der Waals surface area contributed by atoms with Crippen LogP contribution in [0.3, 0.4) is 0 Å². The quantitative estimate of drug-likeness (QED) is 0.361. The molecule has 9 heteroatoms. The summed E-state index contributed by atoms with van der Waals surface area (Å²) in [7, 11) is -8.44. The molecule has 1 aromatic rings. The van der Waals surface area contributed by atoms with Gasteiger partial charge in [0.15, 0.2) is 9.84 Å². The van der Waals surface area contributed by atoms with Crippen LogP contribution < -0.4 is 0 Å². The molecule has 2 rings (SSSR count). The Kier molecular flexibility index (Phi) is 4.27. The third kappa shape index (κ3) is 2.90. The first-order valence-corrected chi connectivity index (χ1v) is 9.35. The summed E-state index contributed by atoms with van der Waals surface area (Å²) in [5, 5.41) is -0.783. The first kappa shape index (κ1) is 15.8. The van der Waals surface area contributed by atoms with E-state index in [1.807, 2.05) is 0 Å². The average molecular weight is 332 g/mol. The maximum Gasteiger partial charge on any atom is 0.374 e. The second-order valence-electron chi connectivity index (χ2n) is 4.78. The zero-order valence-corrected chi connectivity index (χ0v) is 12.6. The lowest BCUT2D eigenvalue weighted by Crippen LogP contribution is -2.22. The van der Waals surface area contributed by atoms with Crippen molar-refractivity contribution in [2.75, 3.05) is 0 Å². The van der Waals surface area contributed by atoms with Crippen LogP contribution in [0.25, 0.3) is 5.53 Å². The molecular formula is C12H13FN2O4S2. The molecule has 0 heterocycles. The summed E-state index contributed by atoms with van der Waals surface area (Å²) in [4.78, 5) is 0.866. The first-order valence-electron chi connectivity index (χ1n) is 6.25. The molecule has 0 bridgehead atoms. The molecule has 114 valence electrons. The highest BCUT2D eigenvalue weighted by atomic mass is 32.2. The van der Waals surface area contributed by atoms with Crippen LogP contribution in [0.5, 0.6) is 0 Å². The lowest BCUT2D eigenvalue weighted by atomic mass is 10.3. The summed E-state index contributed by atoms with van der Waals surface area (Å²) in [6.45, 7) is 0. The van der Waals surface area contributed by atoms with Crippen LogP contribution in [0.2, 0.25) is 0 Å². The molecule has 1 aromatic carbocycles. The van der Waals surface area contributed by atoms with Gasteiger partial charge in [-0.1, -0.05) is 18.9 Å². The van der Waals surface area contributed by atoms with Crippen LogP contribution in [0.4, 0.5) is 4.39 Å². The van der Waals surface area contributed by atoms with Crippen LogP contribution in [-0.4, -0.2) is 32.4 Å². The molecule has 0 aliphatic heterocycles. The summed E-state index contributed by atoms with van der Waals surface area (Å²) in [6.07, 6.45) is 2.17. The summed E-state index contributed by atoms with van der Waals surface area (Å²) < 4.78 is 62.9. The fourth-order valence-electron chi connectivity index (χ4n) is 2.47. The maximum absolute atomic E-state index is 14.0. The average Bonchev–Trinajstić information content (AvgIpc) is 2.92. The van der Waals surface area contributed by atoms with Crippen molar-refractivity contribution in [1.82, 2.24) is 0 Å². The monoisotopic (exact) mass is 332 g/mol. The molecule has 1 aliphatic rings. The van der Waals surface area contributed by atoms with Gasteiger partial charge in [0.05, 0.1) is 10.1 Å². The Hall–Kier alpha value is -1.57. The molecular weight excluding hydrogens is 319 g/mol. The van der Waals surface area contributed by atoms with Gasteiger partial charge in [0.25, 0.3) is 9.84 Å². The highest BCUT2D eigenvalue weighted by Gasteiger charge is 2.37. The van der Waals surface area contributed by atoms with Gasteiger partial charge in [0.1, 0.15) is 10.7 Å². The molecule has 1 saturated carbocycles. The Morgan fingerprint density at radius 1 is 1.19 bits per heavy atom. The van der Waals surface area contributed by atoms with Crippen molar-refractivity contribution in [2.24, 2.45) is 0 Å². The molecule has 1 aliphatic carbocycles. The largest absolute Gasteiger partial charge is 0.374 e. The maximum atomic E-state index is 14.0. The van der Waals surface area contributed by atoms with Gasteiger partial charge in [0.2, 0.25) is 0 Å². The van der Waals surface area contributed by atoms with E-state index in [-0.39, 0.29) is 5.55 Å². The Bertz CT molecular complexity index is 806. The van der Waals surface area contributed by atoms with E-state index in [4.69, 9.17) is 5.53 Å². The fourth-order valence-corrected chi connectivity index (χ4v) is 6.01. The van der Waals surface area contributed by atoms with Crippen molar-refractivity contribution in [2.45, 2.75) is 40.7 Å². The van der Waals surface area contributed by atoms with E-state index < -0.39 is 40.5 Å². The molecule has 0 radical (unpaired) electrons. The molecule has 0 spiro atoms. The van der Waals surface area contributed by atoms with Crippen LogP contribution in [0.15, 0.2) is 28.0 Å². The Morgan fingerprint density at radius 2 is 1.81 bits per heavy atom. The van der Waals surface area contributed by atoms with Crippen LogP contribution in [-0.2, 0) is 19.7 Å². The Morgan fingerprint density at radius 3 is 2.38 bits per heavy atom. The van der Waals surface area contributed by atoms with Gasteiger partial charge in [-0.05, 0) is 25.0 Å². The van der Waals surface area contributed by atoms with Gasteiger partial charge >= 0.3 is 5.55 Å². The highest BCUT2D eigenvalue weighted by molar-refractivity contribution is 8.04. The molecule has 0 saturated heterocycles. The lowest BCUT2D eigenvalue weighted by molar-refractivity contribution is 0.00753. The van der Waals surface area contributed by atoms with Gasteiger partial charge in [-0.2, -0.15) is 4.79 Å². The smallest absolute Gasteiger partial charge is 0.361 e.